The highest BCUT2D eigenvalue weighted by Gasteiger charge is 2.26. The number of phenolic OH excluding ortho intramolecular Hbond substituents is 1. The fourth-order valence-electron chi connectivity index (χ4n) is 1.98. The molecule has 94 valence electrons. The van der Waals surface area contributed by atoms with Crippen LogP contribution in [0, 0.1) is 0 Å². The summed E-state index contributed by atoms with van der Waals surface area (Å²) in [6.45, 7) is 0.806. The van der Waals surface area contributed by atoms with Crippen LogP contribution in [0.5, 0.6) is 5.75 Å². The van der Waals surface area contributed by atoms with E-state index in [-0.39, 0.29) is 17.4 Å². The van der Waals surface area contributed by atoms with Gasteiger partial charge in [-0.05, 0) is 29.7 Å². The average molecular weight is 276 g/mol. The predicted octanol–water partition coefficient (Wildman–Crippen LogP) is 1.32. The summed E-state index contributed by atoms with van der Waals surface area (Å²) in [5.41, 5.74) is 1.97. The molecule has 0 atom stereocenters. The van der Waals surface area contributed by atoms with E-state index in [0.29, 0.717) is 19.5 Å². The van der Waals surface area contributed by atoms with Gasteiger partial charge in [-0.2, -0.15) is 4.31 Å². The summed E-state index contributed by atoms with van der Waals surface area (Å²) in [7, 11) is -3.27. The second-order valence-corrected chi connectivity index (χ2v) is 6.51. The SMILES string of the molecule is O=S(=O)(CCCl)N1CCc2ccc(O)cc2C1. The summed E-state index contributed by atoms with van der Waals surface area (Å²) < 4.78 is 25.1. The Bertz CT molecular complexity index is 515. The molecule has 1 N–H and O–H groups in total. The summed E-state index contributed by atoms with van der Waals surface area (Å²) in [6.07, 6.45) is 0.678. The lowest BCUT2D eigenvalue weighted by Gasteiger charge is -2.27. The van der Waals surface area contributed by atoms with Crippen LogP contribution in [0.4, 0.5) is 0 Å². The summed E-state index contributed by atoms with van der Waals surface area (Å²) in [6, 6.07) is 5.09. The van der Waals surface area contributed by atoms with Gasteiger partial charge in [-0.3, -0.25) is 0 Å². The van der Waals surface area contributed by atoms with Crippen molar-refractivity contribution in [3.8, 4) is 5.75 Å². The highest BCUT2D eigenvalue weighted by atomic mass is 35.5. The molecular weight excluding hydrogens is 262 g/mol. The molecule has 0 fully saturated rings. The van der Waals surface area contributed by atoms with E-state index in [2.05, 4.69) is 0 Å². The molecule has 0 aromatic heterocycles. The number of benzene rings is 1. The Hall–Kier alpha value is -0.780. The van der Waals surface area contributed by atoms with Crippen LogP contribution in [0.25, 0.3) is 0 Å². The first-order valence-corrected chi connectivity index (χ1v) is 7.52. The largest absolute Gasteiger partial charge is 0.508 e. The van der Waals surface area contributed by atoms with Gasteiger partial charge in [0.15, 0.2) is 0 Å². The first kappa shape index (κ1) is 12.7. The Morgan fingerprint density at radius 1 is 1.35 bits per heavy atom. The van der Waals surface area contributed by atoms with E-state index >= 15 is 0 Å². The zero-order valence-electron chi connectivity index (χ0n) is 9.26. The van der Waals surface area contributed by atoms with E-state index in [4.69, 9.17) is 11.6 Å². The van der Waals surface area contributed by atoms with Gasteiger partial charge in [0.1, 0.15) is 5.75 Å². The molecule has 0 spiro atoms. The Balaban J connectivity index is 2.24. The summed E-state index contributed by atoms with van der Waals surface area (Å²) in [5, 5.41) is 9.39. The molecule has 0 amide bonds. The molecule has 1 aromatic carbocycles. The van der Waals surface area contributed by atoms with Crippen molar-refractivity contribution >= 4 is 21.6 Å². The molecule has 0 radical (unpaired) electrons. The van der Waals surface area contributed by atoms with Crippen molar-refractivity contribution in [1.82, 2.24) is 4.31 Å². The van der Waals surface area contributed by atoms with Crippen LogP contribution in [-0.2, 0) is 23.0 Å². The van der Waals surface area contributed by atoms with Crippen LogP contribution < -0.4 is 0 Å². The molecule has 1 aliphatic rings. The van der Waals surface area contributed by atoms with Crippen molar-refractivity contribution in [3.63, 3.8) is 0 Å². The minimum Gasteiger partial charge on any atom is -0.508 e. The molecular formula is C11H14ClNO3S. The van der Waals surface area contributed by atoms with Crippen molar-refractivity contribution < 1.29 is 13.5 Å². The van der Waals surface area contributed by atoms with Gasteiger partial charge in [-0.25, -0.2) is 8.42 Å². The Kier molecular flexibility index (Phi) is 3.61. The van der Waals surface area contributed by atoms with Crippen LogP contribution in [0.3, 0.4) is 0 Å². The Labute approximate surface area is 106 Å². The van der Waals surface area contributed by atoms with Crippen molar-refractivity contribution in [2.24, 2.45) is 0 Å². The minimum atomic E-state index is -3.27. The summed E-state index contributed by atoms with van der Waals surface area (Å²) in [4.78, 5) is 0. The van der Waals surface area contributed by atoms with Gasteiger partial charge in [0.2, 0.25) is 10.0 Å². The number of alkyl halides is 1. The van der Waals surface area contributed by atoms with Gasteiger partial charge < -0.3 is 5.11 Å². The van der Waals surface area contributed by atoms with E-state index in [1.54, 1.807) is 12.1 Å². The van der Waals surface area contributed by atoms with Gasteiger partial charge >= 0.3 is 0 Å². The van der Waals surface area contributed by atoms with E-state index in [1.165, 1.54) is 4.31 Å². The number of rotatable bonds is 3. The third-order valence-electron chi connectivity index (χ3n) is 2.90. The predicted molar refractivity (Wildman–Crippen MR) is 66.7 cm³/mol. The zero-order valence-corrected chi connectivity index (χ0v) is 10.8. The Morgan fingerprint density at radius 3 is 2.82 bits per heavy atom. The number of hydrogen-bond donors (Lipinski definition) is 1. The maximum Gasteiger partial charge on any atom is 0.215 e. The fraction of sp³-hybridized carbons (Fsp3) is 0.455. The summed E-state index contributed by atoms with van der Waals surface area (Å²) >= 11 is 5.48. The van der Waals surface area contributed by atoms with Crippen LogP contribution >= 0.6 is 11.6 Å². The zero-order chi connectivity index (χ0) is 12.5. The van der Waals surface area contributed by atoms with Gasteiger partial charge in [0.25, 0.3) is 0 Å². The molecule has 0 saturated heterocycles. The molecule has 0 saturated carbocycles. The molecule has 0 aliphatic carbocycles. The highest BCUT2D eigenvalue weighted by molar-refractivity contribution is 7.89. The van der Waals surface area contributed by atoms with Crippen LogP contribution in [-0.4, -0.2) is 36.0 Å². The second-order valence-electron chi connectivity index (χ2n) is 4.04. The van der Waals surface area contributed by atoms with Crippen LogP contribution in [0.1, 0.15) is 11.1 Å². The maximum atomic E-state index is 11.9. The van der Waals surface area contributed by atoms with E-state index < -0.39 is 10.0 Å². The molecule has 0 unspecified atom stereocenters. The van der Waals surface area contributed by atoms with Crippen molar-refractivity contribution in [2.45, 2.75) is 13.0 Å². The van der Waals surface area contributed by atoms with E-state index in [0.717, 1.165) is 11.1 Å². The maximum absolute atomic E-state index is 11.9. The van der Waals surface area contributed by atoms with Crippen molar-refractivity contribution in [1.29, 1.82) is 0 Å². The molecule has 2 rings (SSSR count). The molecule has 4 nitrogen and oxygen atoms in total. The second kappa shape index (κ2) is 4.84. The van der Waals surface area contributed by atoms with Gasteiger partial charge in [-0.15, -0.1) is 11.6 Å². The lowest BCUT2D eigenvalue weighted by Crippen LogP contribution is -2.37. The number of nitrogens with zero attached hydrogens (tertiary/aromatic N) is 1. The quantitative estimate of drug-likeness (QED) is 0.847. The van der Waals surface area contributed by atoms with E-state index in [1.807, 2.05) is 6.07 Å². The van der Waals surface area contributed by atoms with Gasteiger partial charge in [-0.1, -0.05) is 6.07 Å². The summed E-state index contributed by atoms with van der Waals surface area (Å²) in [5.74, 6) is 0.231. The normalized spacial score (nSPS) is 16.8. The molecule has 1 heterocycles. The standard InChI is InChI=1S/C11H14ClNO3S/c12-4-6-17(15,16)13-5-3-9-1-2-11(14)7-10(9)8-13/h1-2,7,14H,3-6,8H2. The lowest BCUT2D eigenvalue weighted by atomic mass is 10.0. The number of phenols is 1. The highest BCUT2D eigenvalue weighted by Crippen LogP contribution is 2.24. The van der Waals surface area contributed by atoms with Gasteiger partial charge in [0, 0.05) is 19.0 Å². The first-order chi connectivity index (χ1) is 8.03. The third-order valence-corrected chi connectivity index (χ3v) is 5.13. The molecule has 1 aliphatic heterocycles. The lowest BCUT2D eigenvalue weighted by molar-refractivity contribution is 0.389. The molecule has 0 bridgehead atoms. The molecule has 6 heteroatoms. The van der Waals surface area contributed by atoms with Crippen LogP contribution in [0.15, 0.2) is 18.2 Å². The number of aromatic hydroxyl groups is 1. The fourth-order valence-corrected chi connectivity index (χ4v) is 3.73. The number of sulfonamides is 1. The van der Waals surface area contributed by atoms with Crippen LogP contribution in [0.2, 0.25) is 0 Å². The van der Waals surface area contributed by atoms with Crippen molar-refractivity contribution in [2.75, 3.05) is 18.2 Å². The smallest absolute Gasteiger partial charge is 0.215 e. The van der Waals surface area contributed by atoms with E-state index in [9.17, 15) is 13.5 Å². The number of hydrogen-bond acceptors (Lipinski definition) is 3. The monoisotopic (exact) mass is 275 g/mol. The molecule has 17 heavy (non-hydrogen) atoms. The number of halogens is 1. The topological polar surface area (TPSA) is 57.6 Å². The average Bonchev–Trinajstić information content (AvgIpc) is 2.28. The number of fused-ring (bicyclic) bond motifs is 1. The first-order valence-electron chi connectivity index (χ1n) is 5.37. The Morgan fingerprint density at radius 2 is 2.12 bits per heavy atom. The molecule has 1 aromatic rings. The van der Waals surface area contributed by atoms with Crippen molar-refractivity contribution in [3.05, 3.63) is 29.3 Å². The minimum absolute atomic E-state index is 0.0390. The third kappa shape index (κ3) is 2.73. The van der Waals surface area contributed by atoms with Gasteiger partial charge in [0.05, 0.1) is 5.75 Å².